The Morgan fingerprint density at radius 2 is 1.67 bits per heavy atom. The fourth-order valence-electron chi connectivity index (χ4n) is 9.24. The number of fused-ring (bicyclic) bond motifs is 5. The third kappa shape index (κ3) is 13.4. The average molecular weight is 1140 g/mol. The first-order valence-corrected chi connectivity index (χ1v) is 26.6. The Kier molecular flexibility index (Phi) is 18.5. The molecule has 0 radical (unpaired) electrons. The average Bonchev–Trinajstić information content (AvgIpc) is 3.78. The molecule has 1 unspecified atom stereocenters. The molecule has 0 saturated carbocycles. The number of ether oxygens (including phenoxy) is 2. The van der Waals surface area contributed by atoms with Crippen LogP contribution in [0.3, 0.4) is 0 Å². The molecule has 422 valence electrons. The number of nitrogen functional groups attached to an aromatic ring is 1. The fourth-order valence-corrected chi connectivity index (χ4v) is 11.3. The number of carboxylic acids is 3. The van der Waals surface area contributed by atoms with Gasteiger partial charge in [0.25, 0.3) is 11.5 Å². The van der Waals surface area contributed by atoms with Gasteiger partial charge in [-0.25, -0.2) is 24.4 Å². The SMILES string of the molecule is CO[C@@]12[C@H](COC(N)=O)C3=C(C(=O)C(C)C(=NCCSSC[C@@H](NC(=O)[C@@H](CC(=O)O)NC(=O)[C@H](N)CNC(=O)CC[C@@H](NC(=O)c4ccc(NCc5cnc6nc(N)[nH]c(=O)c6n5)cc4)C(=O)O)C(=O)O)C3=O)N1C[C@@H]1N[C@@H]12. The number of hydrogen-bond acceptors (Lipinski definition) is 24. The van der Waals surface area contributed by atoms with E-state index in [9.17, 15) is 68.1 Å². The zero-order valence-corrected chi connectivity index (χ0v) is 43.6. The lowest BCUT2D eigenvalue weighted by Gasteiger charge is -2.39. The number of allylic oxidation sites excluding steroid dienone is 1. The molecule has 79 heavy (non-hydrogen) atoms. The number of aliphatic imine (C=N–C) groups is 1. The van der Waals surface area contributed by atoms with Crippen molar-refractivity contribution in [3.63, 3.8) is 0 Å². The molecule has 9 atom stereocenters. The molecule has 3 aliphatic heterocycles. The van der Waals surface area contributed by atoms with Gasteiger partial charge in [-0.3, -0.25) is 48.3 Å². The largest absolute Gasteiger partial charge is 0.481 e. The highest BCUT2D eigenvalue weighted by atomic mass is 33.1. The van der Waals surface area contributed by atoms with Crippen molar-refractivity contribution in [2.24, 2.45) is 28.3 Å². The number of carbonyl (C=O) groups excluding carboxylic acids is 7. The number of nitrogens with two attached hydrogens (primary N) is 3. The maximum atomic E-state index is 14.0. The van der Waals surface area contributed by atoms with Crippen molar-refractivity contribution in [1.82, 2.24) is 51.4 Å². The van der Waals surface area contributed by atoms with Crippen molar-refractivity contribution in [1.29, 1.82) is 0 Å². The first kappa shape index (κ1) is 58.4. The summed E-state index contributed by atoms with van der Waals surface area (Å²) in [5, 5.41) is 44.5. The normalized spacial score (nSPS) is 21.9. The van der Waals surface area contributed by atoms with E-state index in [1.165, 1.54) is 37.6 Å². The van der Waals surface area contributed by atoms with Crippen molar-refractivity contribution in [2.45, 2.75) is 74.7 Å². The second-order valence-electron chi connectivity index (χ2n) is 18.3. The van der Waals surface area contributed by atoms with Gasteiger partial charge in [0.15, 0.2) is 22.7 Å². The number of aromatic amines is 1. The van der Waals surface area contributed by atoms with Crippen LogP contribution in [-0.4, -0.2) is 192 Å². The highest BCUT2D eigenvalue weighted by Crippen LogP contribution is 2.55. The van der Waals surface area contributed by atoms with Crippen molar-refractivity contribution >= 4 is 109 Å². The Morgan fingerprint density at radius 1 is 0.962 bits per heavy atom. The predicted octanol–water partition coefficient (Wildman–Crippen LogP) is -3.57. The number of aliphatic carboxylic acids is 3. The van der Waals surface area contributed by atoms with Crippen LogP contribution < -0.4 is 54.7 Å². The lowest BCUT2D eigenvalue weighted by molar-refractivity contribution is -0.143. The van der Waals surface area contributed by atoms with E-state index in [4.69, 9.17) is 26.7 Å². The third-order valence-electron chi connectivity index (χ3n) is 13.2. The Bertz CT molecular complexity index is 3090. The topological polar surface area (TPSA) is 497 Å². The van der Waals surface area contributed by atoms with Gasteiger partial charge in [-0.2, -0.15) is 4.98 Å². The summed E-state index contributed by atoms with van der Waals surface area (Å²) in [5.41, 5.74) is 16.3. The standard InChI is InChI=1S/C46H55N15O16S2/c1-18-31(35(66)30-22(16-77-45(49)75)46(76-2)36-26(55-36)15-61(46)33(30)34(18)65)50-9-10-78-79-17-27(43(73)74)58-40(69)25(11-29(63)64)57-39(68)23(47)14-52-28(62)8-7-24(42(71)72)56-38(67)19-3-5-20(6-4-19)51-12-21-13-53-37-32(54-21)41(70)60-44(48)59-37/h3-6,13,18,22-27,36,51,55H,7-12,14-17,47H2,1-2H3,(H2,49,75)(H,52,62)(H,56,67)(H,57,68)(H,58,69)(H,63,64)(H,71,72)(H,73,74)(H3,48,53,59,60,70)/t18?,22-,23-,24-,25-,26+,27-,36+,46-/m1/s1. The molecule has 16 N–H and O–H groups in total. The Hall–Kier alpha value is -8.27. The van der Waals surface area contributed by atoms with Gasteiger partial charge in [-0.1, -0.05) is 21.6 Å². The van der Waals surface area contributed by atoms with Gasteiger partial charge in [-0.15, -0.1) is 0 Å². The molecule has 1 aromatic carbocycles. The number of carboxylic acid groups (broad SMARTS) is 3. The molecule has 7 rings (SSSR count). The first-order valence-electron chi connectivity index (χ1n) is 24.1. The Morgan fingerprint density at radius 3 is 2.34 bits per heavy atom. The molecule has 3 aromatic rings. The number of piperazine rings is 1. The number of nitrogens with one attached hydrogen (secondary N) is 7. The second kappa shape index (κ2) is 25.0. The Labute approximate surface area is 454 Å². The van der Waals surface area contributed by atoms with Gasteiger partial charge >= 0.3 is 24.0 Å². The van der Waals surface area contributed by atoms with E-state index < -0.39 is 127 Å². The maximum Gasteiger partial charge on any atom is 0.404 e. The molecule has 2 fully saturated rings. The van der Waals surface area contributed by atoms with E-state index >= 15 is 0 Å². The summed E-state index contributed by atoms with van der Waals surface area (Å²) >= 11 is 0. The van der Waals surface area contributed by atoms with Gasteiger partial charge in [0.1, 0.15) is 30.8 Å². The number of rotatable bonds is 27. The minimum absolute atomic E-state index is 0.00831. The molecule has 0 bridgehead atoms. The molecule has 5 amide bonds. The maximum absolute atomic E-state index is 14.0. The number of aromatic nitrogens is 4. The van der Waals surface area contributed by atoms with Crippen LogP contribution in [0.15, 0.2) is 51.5 Å². The molecule has 33 heteroatoms. The van der Waals surface area contributed by atoms with E-state index in [2.05, 4.69) is 56.8 Å². The monoisotopic (exact) mass is 1140 g/mol. The molecule has 2 aromatic heterocycles. The number of carbonyl (C=O) groups is 10. The summed E-state index contributed by atoms with van der Waals surface area (Å²) in [7, 11) is 3.57. The van der Waals surface area contributed by atoms with Crippen LogP contribution in [0.4, 0.5) is 16.4 Å². The van der Waals surface area contributed by atoms with Gasteiger partial charge in [0, 0.05) is 67.5 Å². The summed E-state index contributed by atoms with van der Waals surface area (Å²) in [4.78, 5) is 160. The molecule has 5 heterocycles. The van der Waals surface area contributed by atoms with E-state index in [1.807, 2.05) is 0 Å². The number of nitrogens with zero attached hydrogens (tertiary/aromatic N) is 5. The van der Waals surface area contributed by atoms with E-state index in [0.717, 1.165) is 21.6 Å². The van der Waals surface area contributed by atoms with Gasteiger partial charge in [0.2, 0.25) is 29.5 Å². The van der Waals surface area contributed by atoms with Gasteiger partial charge < -0.3 is 78.8 Å². The molecule has 1 aliphatic carbocycles. The lowest BCUT2D eigenvalue weighted by atomic mass is 9.78. The number of amides is 5. The quantitative estimate of drug-likeness (QED) is 0.0199. The van der Waals surface area contributed by atoms with Crippen LogP contribution in [0.2, 0.25) is 0 Å². The van der Waals surface area contributed by atoms with Crippen LogP contribution in [0.5, 0.6) is 0 Å². The number of anilines is 2. The number of hydrogen-bond donors (Lipinski definition) is 13. The Balaban J connectivity index is 0.831. The van der Waals surface area contributed by atoms with Crippen LogP contribution in [-0.2, 0) is 54.4 Å². The summed E-state index contributed by atoms with van der Waals surface area (Å²) in [5.74, 6) is -11.1. The van der Waals surface area contributed by atoms with Crippen LogP contribution in [0, 0.1) is 11.8 Å². The van der Waals surface area contributed by atoms with Gasteiger partial charge in [-0.05, 0) is 37.6 Å². The lowest BCUT2D eigenvalue weighted by Crippen LogP contribution is -2.57. The second-order valence-corrected chi connectivity index (χ2v) is 21.0. The number of primary amides is 1. The number of benzene rings is 1. The summed E-state index contributed by atoms with van der Waals surface area (Å²) in [6, 6.07) is -0.844. The first-order chi connectivity index (χ1) is 37.5. The molecule has 2 saturated heterocycles. The zero-order valence-electron chi connectivity index (χ0n) is 42.0. The minimum Gasteiger partial charge on any atom is -0.481 e. The number of Topliss-reactive ketones (excluding diaryl/α,β-unsaturated/α-hetero) is 2. The number of H-pyrrole nitrogens is 1. The molecule has 0 spiro atoms. The molecule has 4 aliphatic rings. The van der Waals surface area contributed by atoms with E-state index in [0.29, 0.717) is 17.9 Å². The minimum atomic E-state index is -1.82. The van der Waals surface area contributed by atoms with Gasteiger partial charge in [0.05, 0.1) is 54.1 Å². The van der Waals surface area contributed by atoms with Crippen molar-refractivity contribution in [2.75, 3.05) is 55.9 Å². The zero-order chi connectivity index (χ0) is 57.5. The van der Waals surface area contributed by atoms with Crippen molar-refractivity contribution in [3.8, 4) is 0 Å². The van der Waals surface area contributed by atoms with E-state index in [-0.39, 0.29) is 88.7 Å². The van der Waals surface area contributed by atoms with Crippen molar-refractivity contribution < 1.29 is 72.7 Å². The highest BCUT2D eigenvalue weighted by molar-refractivity contribution is 8.76. The highest BCUT2D eigenvalue weighted by Gasteiger charge is 2.73. The summed E-state index contributed by atoms with van der Waals surface area (Å²) in [6.45, 7) is 1.21. The molecule has 31 nitrogen and oxygen atoms in total. The van der Waals surface area contributed by atoms with Crippen molar-refractivity contribution in [3.05, 3.63) is 63.3 Å². The van der Waals surface area contributed by atoms with Crippen LogP contribution in [0.1, 0.15) is 42.2 Å². The molecular weight excluding hydrogens is 1080 g/mol. The predicted molar refractivity (Wildman–Crippen MR) is 279 cm³/mol. The fraction of sp³-hybridized carbons (Fsp3) is 0.457. The number of methoxy groups -OCH3 is 1. The van der Waals surface area contributed by atoms with Crippen LogP contribution >= 0.6 is 21.6 Å². The smallest absolute Gasteiger partial charge is 0.404 e. The van der Waals surface area contributed by atoms with Crippen LogP contribution in [0.25, 0.3) is 11.2 Å². The third-order valence-corrected chi connectivity index (χ3v) is 15.6. The molecular formula is C46H55N15O16S2. The number of ketones is 2. The summed E-state index contributed by atoms with van der Waals surface area (Å²) in [6.07, 6.45) is -1.51. The summed E-state index contributed by atoms with van der Waals surface area (Å²) < 4.78 is 11.1. The van der Waals surface area contributed by atoms with E-state index in [1.54, 1.807) is 11.8 Å².